The Morgan fingerprint density at radius 3 is 2.50 bits per heavy atom. The van der Waals surface area contributed by atoms with Gasteiger partial charge in [-0.15, -0.1) is 0 Å². The number of ether oxygens (including phenoxy) is 1. The number of hydrogen-bond donors (Lipinski definition) is 0. The molecule has 0 atom stereocenters. The number of likely N-dealkylation sites (N-methyl/N-ethyl adjacent to an activating group) is 1. The van der Waals surface area contributed by atoms with Crippen LogP contribution in [0.3, 0.4) is 0 Å². The first-order valence-corrected chi connectivity index (χ1v) is 7.97. The van der Waals surface area contributed by atoms with Crippen LogP contribution in [0.1, 0.15) is 13.8 Å². The number of nitrogens with zero attached hydrogens (tertiary/aromatic N) is 2. The molecule has 2 aliphatic rings. The Morgan fingerprint density at radius 2 is 1.82 bits per heavy atom. The van der Waals surface area contributed by atoms with E-state index < -0.39 is 0 Å². The van der Waals surface area contributed by atoms with Crippen molar-refractivity contribution in [2.24, 2.45) is 0 Å². The molecule has 0 bridgehead atoms. The molecular formula is C16H16N2O3S. The minimum Gasteiger partial charge on any atom is -0.439 e. The van der Waals surface area contributed by atoms with Crippen LogP contribution in [-0.2, 0) is 4.79 Å². The van der Waals surface area contributed by atoms with Crippen molar-refractivity contribution in [3.05, 3.63) is 47.2 Å². The lowest BCUT2D eigenvalue weighted by atomic mass is 10.3. The molecule has 0 aliphatic carbocycles. The van der Waals surface area contributed by atoms with E-state index in [0.29, 0.717) is 17.3 Å². The van der Waals surface area contributed by atoms with E-state index in [2.05, 4.69) is 0 Å². The van der Waals surface area contributed by atoms with E-state index >= 15 is 0 Å². The van der Waals surface area contributed by atoms with Gasteiger partial charge < -0.3 is 9.64 Å². The van der Waals surface area contributed by atoms with Gasteiger partial charge in [-0.2, -0.15) is 0 Å². The van der Waals surface area contributed by atoms with E-state index in [1.54, 1.807) is 19.1 Å². The molecule has 0 unspecified atom stereocenters. The maximum Gasteiger partial charge on any atom is 0.293 e. The van der Waals surface area contributed by atoms with Crippen LogP contribution in [0.5, 0.6) is 5.75 Å². The lowest BCUT2D eigenvalue weighted by Crippen LogP contribution is -2.27. The third kappa shape index (κ3) is 2.39. The van der Waals surface area contributed by atoms with Crippen LogP contribution in [0.4, 0.5) is 10.5 Å². The number of anilines is 1. The van der Waals surface area contributed by atoms with Gasteiger partial charge in [-0.3, -0.25) is 14.5 Å². The lowest BCUT2D eigenvalue weighted by Gasteiger charge is -2.14. The molecule has 114 valence electrons. The fraction of sp³-hybridized carbons (Fsp3) is 0.250. The first kappa shape index (κ1) is 14.7. The van der Waals surface area contributed by atoms with E-state index in [-0.39, 0.29) is 11.1 Å². The summed E-state index contributed by atoms with van der Waals surface area (Å²) in [5, 5.41) is -0.222. The van der Waals surface area contributed by atoms with Gasteiger partial charge in [-0.05, 0) is 43.8 Å². The van der Waals surface area contributed by atoms with Gasteiger partial charge in [0.2, 0.25) is 5.88 Å². The molecular weight excluding hydrogens is 300 g/mol. The predicted molar refractivity (Wildman–Crippen MR) is 86.6 cm³/mol. The maximum atomic E-state index is 12.1. The van der Waals surface area contributed by atoms with Gasteiger partial charge in [0.05, 0.1) is 10.6 Å². The van der Waals surface area contributed by atoms with Gasteiger partial charge >= 0.3 is 0 Å². The van der Waals surface area contributed by atoms with E-state index in [1.807, 2.05) is 36.1 Å². The Bertz CT molecular complexity index is 696. The van der Waals surface area contributed by atoms with Crippen molar-refractivity contribution < 1.29 is 14.3 Å². The highest BCUT2D eigenvalue weighted by atomic mass is 32.2. The Kier molecular flexibility index (Phi) is 3.94. The summed E-state index contributed by atoms with van der Waals surface area (Å²) in [6.45, 7) is 4.96. The zero-order valence-electron chi connectivity index (χ0n) is 12.4. The standard InChI is InChI=1S/C16H16N2O3S/c1-3-17-11-7-5-6-8-12(11)21-14(17)10-9-13-15(19)18(4-2)16(20)22-13/h5-10H,3-4H2,1-2H3. The van der Waals surface area contributed by atoms with Crippen molar-refractivity contribution in [2.45, 2.75) is 13.8 Å². The molecule has 0 spiro atoms. The van der Waals surface area contributed by atoms with Crippen LogP contribution < -0.4 is 9.64 Å². The summed E-state index contributed by atoms with van der Waals surface area (Å²) in [5.74, 6) is 1.21. The number of allylic oxidation sites excluding steroid dienone is 2. The van der Waals surface area contributed by atoms with Gasteiger partial charge in [-0.1, -0.05) is 12.1 Å². The summed E-state index contributed by atoms with van der Waals surface area (Å²) < 4.78 is 5.81. The molecule has 1 fully saturated rings. The van der Waals surface area contributed by atoms with Crippen molar-refractivity contribution in [1.29, 1.82) is 0 Å². The first-order chi connectivity index (χ1) is 10.7. The largest absolute Gasteiger partial charge is 0.439 e. The average molecular weight is 316 g/mol. The number of fused-ring (bicyclic) bond motifs is 1. The van der Waals surface area contributed by atoms with Crippen LogP contribution in [0, 0.1) is 0 Å². The number of hydrogen-bond acceptors (Lipinski definition) is 5. The fourth-order valence-electron chi connectivity index (χ4n) is 2.44. The number of amides is 2. The Hall–Kier alpha value is -2.21. The summed E-state index contributed by atoms with van der Waals surface area (Å²) in [4.78, 5) is 27.4. The third-order valence-electron chi connectivity index (χ3n) is 3.52. The number of thioether (sulfide) groups is 1. The Morgan fingerprint density at radius 1 is 1.09 bits per heavy atom. The summed E-state index contributed by atoms with van der Waals surface area (Å²) in [5.41, 5.74) is 1.01. The first-order valence-electron chi connectivity index (χ1n) is 7.15. The Balaban J connectivity index is 1.87. The second kappa shape index (κ2) is 5.88. The van der Waals surface area contributed by atoms with Crippen LogP contribution >= 0.6 is 11.8 Å². The number of rotatable bonds is 3. The third-order valence-corrected chi connectivity index (χ3v) is 4.45. The van der Waals surface area contributed by atoms with E-state index in [4.69, 9.17) is 4.74 Å². The molecule has 0 aromatic heterocycles. The van der Waals surface area contributed by atoms with Gasteiger partial charge in [0.1, 0.15) is 0 Å². The molecule has 0 N–H and O–H groups in total. The van der Waals surface area contributed by atoms with Crippen molar-refractivity contribution in [3.8, 4) is 5.75 Å². The molecule has 1 aromatic carbocycles. The molecule has 2 amide bonds. The van der Waals surface area contributed by atoms with E-state index in [9.17, 15) is 9.59 Å². The quantitative estimate of drug-likeness (QED) is 0.801. The highest BCUT2D eigenvalue weighted by molar-refractivity contribution is 8.18. The van der Waals surface area contributed by atoms with Crippen LogP contribution in [-0.4, -0.2) is 29.1 Å². The van der Waals surface area contributed by atoms with Gasteiger partial charge in [-0.25, -0.2) is 0 Å². The molecule has 1 saturated heterocycles. The van der Waals surface area contributed by atoms with Crippen LogP contribution in [0.15, 0.2) is 47.2 Å². The number of carbonyl (C=O) groups is 2. The predicted octanol–water partition coefficient (Wildman–Crippen LogP) is 3.35. The van der Waals surface area contributed by atoms with Crippen LogP contribution in [0.2, 0.25) is 0 Å². The molecule has 2 aliphatic heterocycles. The monoisotopic (exact) mass is 316 g/mol. The SMILES string of the molecule is CCN1C(=O)SC(=CC=C2Oc3ccccc3N2CC)C1=O. The maximum absolute atomic E-state index is 12.1. The molecule has 1 aromatic rings. The molecule has 22 heavy (non-hydrogen) atoms. The second-order valence-corrected chi connectivity index (χ2v) is 5.76. The fourth-order valence-corrected chi connectivity index (χ4v) is 3.28. The molecule has 0 radical (unpaired) electrons. The molecule has 0 saturated carbocycles. The average Bonchev–Trinajstić information content (AvgIpc) is 3.01. The highest BCUT2D eigenvalue weighted by Gasteiger charge is 2.33. The van der Waals surface area contributed by atoms with Gasteiger partial charge in [0, 0.05) is 19.2 Å². The molecule has 3 rings (SSSR count). The smallest absolute Gasteiger partial charge is 0.293 e. The second-order valence-electron chi connectivity index (χ2n) is 4.77. The Labute approximate surface area is 133 Å². The minimum atomic E-state index is -0.243. The highest BCUT2D eigenvalue weighted by Crippen LogP contribution is 2.38. The molecule has 6 heteroatoms. The van der Waals surface area contributed by atoms with Gasteiger partial charge in [0.25, 0.3) is 11.1 Å². The van der Waals surface area contributed by atoms with Crippen molar-refractivity contribution in [2.75, 3.05) is 18.0 Å². The number of benzene rings is 1. The zero-order chi connectivity index (χ0) is 15.7. The zero-order valence-corrected chi connectivity index (χ0v) is 13.2. The summed E-state index contributed by atoms with van der Waals surface area (Å²) >= 11 is 0.962. The van der Waals surface area contributed by atoms with Crippen LogP contribution in [0.25, 0.3) is 0 Å². The molecule has 5 nitrogen and oxygen atoms in total. The molecule has 2 heterocycles. The van der Waals surface area contributed by atoms with Crippen molar-refractivity contribution in [3.63, 3.8) is 0 Å². The normalized spacial score (nSPS) is 21.0. The van der Waals surface area contributed by atoms with E-state index in [0.717, 1.165) is 29.7 Å². The summed E-state index contributed by atoms with van der Waals surface area (Å²) in [6.07, 6.45) is 3.40. The lowest BCUT2D eigenvalue weighted by molar-refractivity contribution is -0.122. The van der Waals surface area contributed by atoms with Gasteiger partial charge in [0.15, 0.2) is 5.75 Å². The van der Waals surface area contributed by atoms with Crippen molar-refractivity contribution >= 4 is 28.6 Å². The number of para-hydroxylation sites is 2. The number of carbonyl (C=O) groups excluding carboxylic acids is 2. The summed E-state index contributed by atoms with van der Waals surface area (Å²) in [7, 11) is 0. The van der Waals surface area contributed by atoms with Crippen molar-refractivity contribution in [1.82, 2.24) is 4.90 Å². The van der Waals surface area contributed by atoms with E-state index in [1.165, 1.54) is 4.90 Å². The minimum absolute atomic E-state index is 0.222. The number of imide groups is 1. The topological polar surface area (TPSA) is 49.9 Å². The summed E-state index contributed by atoms with van der Waals surface area (Å²) in [6, 6.07) is 7.77.